The molecule has 2 unspecified atom stereocenters. The molecule has 2 rings (SSSR count). The zero-order chi connectivity index (χ0) is 21.4. The van der Waals surface area contributed by atoms with Crippen molar-refractivity contribution in [3.05, 3.63) is 27.2 Å². The molecule has 0 amide bonds. The van der Waals surface area contributed by atoms with E-state index in [1.54, 1.807) is 18.7 Å². The highest BCUT2D eigenvalue weighted by atomic mass is 16.3. The van der Waals surface area contributed by atoms with Crippen LogP contribution >= 0.6 is 0 Å². The van der Waals surface area contributed by atoms with Crippen molar-refractivity contribution < 1.29 is 5.11 Å². The molecule has 0 saturated carbocycles. The lowest BCUT2D eigenvalue weighted by Gasteiger charge is -2.18. The van der Waals surface area contributed by atoms with Crippen LogP contribution in [0.5, 0.6) is 0 Å². The van der Waals surface area contributed by atoms with Gasteiger partial charge in [0.25, 0.3) is 5.56 Å². The first-order chi connectivity index (χ1) is 13.9. The zero-order valence-electron chi connectivity index (χ0n) is 18.1. The van der Waals surface area contributed by atoms with E-state index < -0.39 is 6.10 Å². The Bertz CT molecular complexity index is 883. The van der Waals surface area contributed by atoms with Crippen molar-refractivity contribution in [1.82, 2.24) is 18.7 Å². The van der Waals surface area contributed by atoms with E-state index >= 15 is 0 Å². The topological polar surface area (TPSA) is 108 Å². The van der Waals surface area contributed by atoms with E-state index in [9.17, 15) is 14.7 Å². The standard InChI is InChI=1S/C21H37N5O3/c1-4-5-6-7-8-9-12-16(22)17(27)13-10-11-14-26-20(28)18-19(23-15-24(18)2)25(3)21(26)29/h15-17,27H,4-14,22H2,1-3H3. The molecule has 0 saturated heterocycles. The van der Waals surface area contributed by atoms with Crippen LogP contribution in [-0.2, 0) is 20.6 Å². The van der Waals surface area contributed by atoms with Gasteiger partial charge in [-0.3, -0.25) is 13.9 Å². The number of fused-ring (bicyclic) bond motifs is 1. The summed E-state index contributed by atoms with van der Waals surface area (Å²) in [4.78, 5) is 29.3. The van der Waals surface area contributed by atoms with Crippen LogP contribution in [0.15, 0.2) is 15.9 Å². The van der Waals surface area contributed by atoms with Gasteiger partial charge in [-0.2, -0.15) is 0 Å². The van der Waals surface area contributed by atoms with Crippen molar-refractivity contribution >= 4 is 11.2 Å². The first-order valence-electron chi connectivity index (χ1n) is 10.9. The van der Waals surface area contributed by atoms with E-state index in [1.807, 2.05) is 0 Å². The summed E-state index contributed by atoms with van der Waals surface area (Å²) < 4.78 is 4.30. The molecule has 29 heavy (non-hydrogen) atoms. The zero-order valence-corrected chi connectivity index (χ0v) is 18.1. The molecule has 2 atom stereocenters. The summed E-state index contributed by atoms with van der Waals surface area (Å²) in [5.74, 6) is 0. The summed E-state index contributed by atoms with van der Waals surface area (Å²) in [7, 11) is 3.37. The molecule has 2 aromatic heterocycles. The highest BCUT2D eigenvalue weighted by Gasteiger charge is 2.16. The van der Waals surface area contributed by atoms with Gasteiger partial charge < -0.3 is 15.4 Å². The van der Waals surface area contributed by atoms with E-state index in [0.717, 1.165) is 12.8 Å². The number of nitrogens with zero attached hydrogens (tertiary/aromatic N) is 4. The third-order valence-corrected chi connectivity index (χ3v) is 5.72. The maximum atomic E-state index is 12.7. The summed E-state index contributed by atoms with van der Waals surface area (Å²) in [5.41, 5.74) is 6.26. The Labute approximate surface area is 172 Å². The number of hydrogen-bond donors (Lipinski definition) is 2. The second-order valence-corrected chi connectivity index (χ2v) is 8.11. The fourth-order valence-corrected chi connectivity index (χ4v) is 3.78. The smallest absolute Gasteiger partial charge is 0.332 e. The lowest BCUT2D eigenvalue weighted by molar-refractivity contribution is 0.126. The quantitative estimate of drug-likeness (QED) is 0.494. The summed E-state index contributed by atoms with van der Waals surface area (Å²) in [6, 6.07) is -0.206. The Morgan fingerprint density at radius 2 is 1.69 bits per heavy atom. The van der Waals surface area contributed by atoms with Gasteiger partial charge in [0.15, 0.2) is 11.2 Å². The van der Waals surface area contributed by atoms with Crippen LogP contribution in [0.4, 0.5) is 0 Å². The van der Waals surface area contributed by atoms with Gasteiger partial charge in [0.05, 0.1) is 12.4 Å². The minimum absolute atomic E-state index is 0.206. The van der Waals surface area contributed by atoms with Gasteiger partial charge in [-0.15, -0.1) is 0 Å². The minimum Gasteiger partial charge on any atom is -0.392 e. The molecule has 2 aromatic rings. The molecule has 0 spiro atoms. The van der Waals surface area contributed by atoms with E-state index in [0.29, 0.717) is 37.0 Å². The summed E-state index contributed by atoms with van der Waals surface area (Å²) >= 11 is 0. The molecule has 2 heterocycles. The number of unbranched alkanes of at least 4 members (excludes halogenated alkanes) is 6. The highest BCUT2D eigenvalue weighted by Crippen LogP contribution is 2.12. The molecule has 0 fully saturated rings. The van der Waals surface area contributed by atoms with Gasteiger partial charge in [0, 0.05) is 26.7 Å². The maximum absolute atomic E-state index is 12.7. The Kier molecular flexibility index (Phi) is 9.10. The van der Waals surface area contributed by atoms with Gasteiger partial charge in [-0.25, -0.2) is 9.78 Å². The van der Waals surface area contributed by atoms with E-state index in [4.69, 9.17) is 5.73 Å². The molecule has 0 bridgehead atoms. The van der Waals surface area contributed by atoms with Crippen molar-refractivity contribution in [2.75, 3.05) is 0 Å². The Morgan fingerprint density at radius 3 is 2.41 bits per heavy atom. The van der Waals surface area contributed by atoms with Crippen LogP contribution < -0.4 is 17.0 Å². The normalized spacial score (nSPS) is 13.8. The Balaban J connectivity index is 1.79. The predicted molar refractivity (Wildman–Crippen MR) is 116 cm³/mol. The average molecular weight is 408 g/mol. The number of hydrogen-bond acceptors (Lipinski definition) is 5. The number of aromatic nitrogens is 4. The number of imidazole rings is 1. The third kappa shape index (κ3) is 6.02. The fourth-order valence-electron chi connectivity index (χ4n) is 3.78. The number of rotatable bonds is 13. The maximum Gasteiger partial charge on any atom is 0.332 e. The molecule has 0 aliphatic rings. The second-order valence-electron chi connectivity index (χ2n) is 8.11. The lowest BCUT2D eigenvalue weighted by atomic mass is 9.99. The molecular formula is C21H37N5O3. The van der Waals surface area contributed by atoms with Crippen LogP contribution in [0.1, 0.15) is 71.1 Å². The number of aryl methyl sites for hydroxylation is 2. The van der Waals surface area contributed by atoms with E-state index in [2.05, 4.69) is 11.9 Å². The van der Waals surface area contributed by atoms with E-state index in [-0.39, 0.29) is 17.3 Å². The number of nitrogens with two attached hydrogens (primary N) is 1. The minimum atomic E-state index is -0.537. The third-order valence-electron chi connectivity index (χ3n) is 5.72. The Morgan fingerprint density at radius 1 is 1.03 bits per heavy atom. The lowest BCUT2D eigenvalue weighted by Crippen LogP contribution is -2.39. The molecule has 164 valence electrons. The van der Waals surface area contributed by atoms with Crippen molar-refractivity contribution in [2.24, 2.45) is 19.8 Å². The van der Waals surface area contributed by atoms with Crippen LogP contribution in [0.3, 0.4) is 0 Å². The van der Waals surface area contributed by atoms with Crippen molar-refractivity contribution in [1.29, 1.82) is 0 Å². The predicted octanol–water partition coefficient (Wildman–Crippen LogP) is 2.04. The number of aliphatic hydroxyl groups excluding tert-OH is 1. The van der Waals surface area contributed by atoms with Crippen LogP contribution in [0.2, 0.25) is 0 Å². The van der Waals surface area contributed by atoms with Gasteiger partial charge in [-0.05, 0) is 25.7 Å². The Hall–Kier alpha value is -1.93. The average Bonchev–Trinajstić information content (AvgIpc) is 3.09. The molecule has 0 aliphatic carbocycles. The molecule has 0 aromatic carbocycles. The summed E-state index contributed by atoms with van der Waals surface area (Å²) in [6.45, 7) is 2.53. The summed E-state index contributed by atoms with van der Waals surface area (Å²) in [6.07, 6.45) is 11.0. The monoisotopic (exact) mass is 407 g/mol. The molecule has 8 nitrogen and oxygen atoms in total. The number of aliphatic hydroxyl groups is 1. The van der Waals surface area contributed by atoms with Gasteiger partial charge in [0.1, 0.15) is 0 Å². The molecule has 3 N–H and O–H groups in total. The van der Waals surface area contributed by atoms with E-state index in [1.165, 1.54) is 47.6 Å². The SMILES string of the molecule is CCCCCCCCC(N)C(O)CCCCn1c(=O)c2c(ncn2C)n(C)c1=O. The molecular weight excluding hydrogens is 370 g/mol. The first-order valence-corrected chi connectivity index (χ1v) is 10.9. The van der Waals surface area contributed by atoms with Crippen molar-refractivity contribution in [3.8, 4) is 0 Å². The van der Waals surface area contributed by atoms with Gasteiger partial charge in [0.2, 0.25) is 0 Å². The summed E-state index contributed by atoms with van der Waals surface area (Å²) in [5, 5.41) is 10.3. The first kappa shape index (κ1) is 23.3. The fraction of sp³-hybridized carbons (Fsp3) is 0.762. The molecule has 0 radical (unpaired) electrons. The van der Waals surface area contributed by atoms with Crippen LogP contribution in [0.25, 0.3) is 11.2 Å². The highest BCUT2D eigenvalue weighted by molar-refractivity contribution is 5.69. The van der Waals surface area contributed by atoms with Crippen LogP contribution in [0, 0.1) is 0 Å². The largest absolute Gasteiger partial charge is 0.392 e. The van der Waals surface area contributed by atoms with Gasteiger partial charge in [-0.1, -0.05) is 45.4 Å². The second kappa shape index (κ2) is 11.3. The van der Waals surface area contributed by atoms with Crippen molar-refractivity contribution in [3.63, 3.8) is 0 Å². The van der Waals surface area contributed by atoms with Gasteiger partial charge >= 0.3 is 5.69 Å². The van der Waals surface area contributed by atoms with Crippen molar-refractivity contribution in [2.45, 2.75) is 89.8 Å². The molecule has 0 aliphatic heterocycles. The molecule has 8 heteroatoms. The van der Waals surface area contributed by atoms with Crippen LogP contribution in [-0.4, -0.2) is 35.9 Å².